The van der Waals surface area contributed by atoms with Crippen LogP contribution in [0.4, 0.5) is 5.69 Å². The highest BCUT2D eigenvalue weighted by atomic mass is 35.5. The van der Waals surface area contributed by atoms with E-state index in [0.29, 0.717) is 22.2 Å². The Labute approximate surface area is 133 Å². The highest BCUT2D eigenvalue weighted by Gasteiger charge is 2.04. The van der Waals surface area contributed by atoms with E-state index in [1.165, 1.54) is 0 Å². The number of nitrogens with one attached hydrogen (secondary N) is 1. The number of hydrogen-bond donors (Lipinski definition) is 2. The highest BCUT2D eigenvalue weighted by Crippen LogP contribution is 2.20. The van der Waals surface area contributed by atoms with Gasteiger partial charge in [0, 0.05) is 22.3 Å². The molecule has 2 aromatic rings. The number of halogens is 2. The first kappa shape index (κ1) is 16.1. The van der Waals surface area contributed by atoms with Gasteiger partial charge in [0.15, 0.2) is 0 Å². The zero-order chi connectivity index (χ0) is 15.5. The molecule has 21 heavy (non-hydrogen) atoms. The van der Waals surface area contributed by atoms with Gasteiger partial charge < -0.3 is 5.32 Å². The molecule has 0 saturated carbocycles. The van der Waals surface area contributed by atoms with Crippen molar-refractivity contribution in [3.05, 3.63) is 63.6 Å². The lowest BCUT2D eigenvalue weighted by molar-refractivity contribution is 0.597. The second-order valence-electron chi connectivity index (χ2n) is 4.64. The normalized spacial score (nSPS) is 11.4. The summed E-state index contributed by atoms with van der Waals surface area (Å²) in [4.78, 5) is 0. The molecule has 0 bridgehead atoms. The van der Waals surface area contributed by atoms with Gasteiger partial charge in [-0.15, -0.1) is 0 Å². The minimum absolute atomic E-state index is 0.169. The SMILES string of the molecule is NS(=O)(=O)Cc1ccc(NCc2cc(Cl)cc(Cl)c2)cc1. The lowest BCUT2D eigenvalue weighted by atomic mass is 10.2. The number of rotatable bonds is 5. The average molecular weight is 345 g/mol. The van der Waals surface area contributed by atoms with Gasteiger partial charge in [0.2, 0.25) is 10.0 Å². The van der Waals surface area contributed by atoms with Gasteiger partial charge in [0.05, 0.1) is 5.75 Å². The van der Waals surface area contributed by atoms with Gasteiger partial charge in [-0.1, -0.05) is 35.3 Å². The average Bonchev–Trinajstić information content (AvgIpc) is 2.35. The molecule has 112 valence electrons. The quantitative estimate of drug-likeness (QED) is 0.872. The highest BCUT2D eigenvalue weighted by molar-refractivity contribution is 7.88. The fourth-order valence-corrected chi connectivity index (χ4v) is 3.10. The van der Waals surface area contributed by atoms with E-state index < -0.39 is 10.0 Å². The Morgan fingerprint density at radius 2 is 1.52 bits per heavy atom. The predicted molar refractivity (Wildman–Crippen MR) is 87.0 cm³/mol. The molecule has 0 fully saturated rings. The van der Waals surface area contributed by atoms with E-state index in [1.54, 1.807) is 30.3 Å². The van der Waals surface area contributed by atoms with Gasteiger partial charge in [0.1, 0.15) is 0 Å². The van der Waals surface area contributed by atoms with Gasteiger partial charge in [0.25, 0.3) is 0 Å². The van der Waals surface area contributed by atoms with Crippen LogP contribution < -0.4 is 10.5 Å². The van der Waals surface area contributed by atoms with E-state index in [9.17, 15) is 8.42 Å². The lowest BCUT2D eigenvalue weighted by Gasteiger charge is -2.08. The molecule has 0 radical (unpaired) electrons. The van der Waals surface area contributed by atoms with Crippen molar-refractivity contribution in [1.82, 2.24) is 0 Å². The van der Waals surface area contributed by atoms with Crippen LogP contribution in [0.15, 0.2) is 42.5 Å². The first-order valence-corrected chi connectivity index (χ1v) is 8.57. The van der Waals surface area contributed by atoms with E-state index >= 15 is 0 Å². The van der Waals surface area contributed by atoms with Crippen LogP contribution in [-0.2, 0) is 22.3 Å². The molecule has 4 nitrogen and oxygen atoms in total. The molecule has 0 aromatic heterocycles. The van der Waals surface area contributed by atoms with Crippen molar-refractivity contribution < 1.29 is 8.42 Å². The summed E-state index contributed by atoms with van der Waals surface area (Å²) >= 11 is 11.9. The van der Waals surface area contributed by atoms with Crippen LogP contribution in [-0.4, -0.2) is 8.42 Å². The van der Waals surface area contributed by atoms with Gasteiger partial charge in [-0.05, 0) is 41.5 Å². The standard InChI is InChI=1S/C14H14Cl2N2O2S/c15-12-5-11(6-13(16)7-12)8-18-14-3-1-10(2-4-14)9-21(17,19)20/h1-7,18H,8-9H2,(H2,17,19,20). The zero-order valence-corrected chi connectivity index (χ0v) is 13.3. The Bertz CT molecular complexity index is 711. The minimum Gasteiger partial charge on any atom is -0.381 e. The summed E-state index contributed by atoms with van der Waals surface area (Å²) in [5, 5.41) is 9.38. The van der Waals surface area contributed by atoms with Crippen LogP contribution >= 0.6 is 23.2 Å². The topological polar surface area (TPSA) is 72.2 Å². The van der Waals surface area contributed by atoms with Crippen LogP contribution in [0.2, 0.25) is 10.0 Å². The third-order valence-corrected chi connectivity index (χ3v) is 3.91. The maximum atomic E-state index is 11.0. The Morgan fingerprint density at radius 1 is 0.952 bits per heavy atom. The molecule has 2 aromatic carbocycles. The Balaban J connectivity index is 2.00. The van der Waals surface area contributed by atoms with Crippen LogP contribution in [0.3, 0.4) is 0 Å². The van der Waals surface area contributed by atoms with Gasteiger partial charge in [-0.25, -0.2) is 13.6 Å². The molecule has 0 unspecified atom stereocenters. The second-order valence-corrected chi connectivity index (χ2v) is 7.12. The number of primary sulfonamides is 1. The number of hydrogen-bond acceptors (Lipinski definition) is 3. The summed E-state index contributed by atoms with van der Waals surface area (Å²) in [6.07, 6.45) is 0. The van der Waals surface area contributed by atoms with E-state index in [1.807, 2.05) is 12.1 Å². The molecule has 0 aliphatic carbocycles. The van der Waals surface area contributed by atoms with Crippen molar-refractivity contribution in [3.8, 4) is 0 Å². The maximum Gasteiger partial charge on any atom is 0.213 e. The molecule has 2 rings (SSSR count). The molecule has 0 aliphatic rings. The van der Waals surface area contributed by atoms with Crippen LogP contribution in [0.25, 0.3) is 0 Å². The van der Waals surface area contributed by atoms with Crippen molar-refractivity contribution in [2.45, 2.75) is 12.3 Å². The van der Waals surface area contributed by atoms with Gasteiger partial charge >= 0.3 is 0 Å². The predicted octanol–water partition coefficient (Wildman–Crippen LogP) is 3.39. The van der Waals surface area contributed by atoms with Crippen molar-refractivity contribution in [2.75, 3.05) is 5.32 Å². The zero-order valence-electron chi connectivity index (χ0n) is 11.0. The van der Waals surface area contributed by atoms with Crippen molar-refractivity contribution in [3.63, 3.8) is 0 Å². The van der Waals surface area contributed by atoms with E-state index in [0.717, 1.165) is 11.3 Å². The van der Waals surface area contributed by atoms with Crippen molar-refractivity contribution in [2.24, 2.45) is 5.14 Å². The van der Waals surface area contributed by atoms with Gasteiger partial charge in [-0.2, -0.15) is 0 Å². The van der Waals surface area contributed by atoms with Crippen molar-refractivity contribution in [1.29, 1.82) is 0 Å². The number of anilines is 1. The summed E-state index contributed by atoms with van der Waals surface area (Å²) in [5.74, 6) is -0.169. The fourth-order valence-electron chi connectivity index (χ4n) is 1.87. The summed E-state index contributed by atoms with van der Waals surface area (Å²) < 4.78 is 22.0. The summed E-state index contributed by atoms with van der Waals surface area (Å²) in [5.41, 5.74) is 2.47. The minimum atomic E-state index is -3.50. The van der Waals surface area contributed by atoms with E-state index in [-0.39, 0.29) is 5.75 Å². The van der Waals surface area contributed by atoms with Crippen LogP contribution in [0.5, 0.6) is 0 Å². The largest absolute Gasteiger partial charge is 0.381 e. The first-order chi connectivity index (χ1) is 9.82. The maximum absolute atomic E-state index is 11.0. The molecular formula is C14H14Cl2N2O2S. The third kappa shape index (κ3) is 5.55. The second kappa shape index (κ2) is 6.66. The van der Waals surface area contributed by atoms with Crippen LogP contribution in [0.1, 0.15) is 11.1 Å². The molecule has 0 atom stereocenters. The first-order valence-electron chi connectivity index (χ1n) is 6.10. The molecule has 0 spiro atoms. The molecule has 0 aliphatic heterocycles. The van der Waals surface area contributed by atoms with Crippen molar-refractivity contribution >= 4 is 38.9 Å². The number of benzene rings is 2. The lowest BCUT2D eigenvalue weighted by Crippen LogP contribution is -2.14. The van der Waals surface area contributed by atoms with E-state index in [4.69, 9.17) is 28.3 Å². The summed E-state index contributed by atoms with van der Waals surface area (Å²) in [7, 11) is -3.50. The van der Waals surface area contributed by atoms with Gasteiger partial charge in [-0.3, -0.25) is 0 Å². The van der Waals surface area contributed by atoms with E-state index in [2.05, 4.69) is 5.32 Å². The molecule has 3 N–H and O–H groups in total. The molecule has 7 heteroatoms. The smallest absolute Gasteiger partial charge is 0.213 e. The Morgan fingerprint density at radius 3 is 2.05 bits per heavy atom. The molecule has 0 amide bonds. The third-order valence-electron chi connectivity index (χ3n) is 2.74. The Hall–Kier alpha value is -1.27. The monoisotopic (exact) mass is 344 g/mol. The fraction of sp³-hybridized carbons (Fsp3) is 0.143. The summed E-state index contributed by atoms with van der Waals surface area (Å²) in [6.45, 7) is 0.564. The number of sulfonamides is 1. The molecule has 0 heterocycles. The summed E-state index contributed by atoms with van der Waals surface area (Å²) in [6, 6.07) is 12.4. The molecular weight excluding hydrogens is 331 g/mol. The number of nitrogens with two attached hydrogens (primary N) is 1. The van der Waals surface area contributed by atoms with Crippen LogP contribution in [0, 0.1) is 0 Å². The molecule has 0 saturated heterocycles. The Kier molecular flexibility index (Phi) is 5.11.